The molecule has 0 aliphatic carbocycles. The summed E-state index contributed by atoms with van der Waals surface area (Å²) >= 11 is 6.34. The fraction of sp³-hybridized carbons (Fsp3) is 0.100. The molecule has 45 heavy (non-hydrogen) atoms. The van der Waals surface area contributed by atoms with Gasteiger partial charge in [-0.25, -0.2) is 9.97 Å². The zero-order chi connectivity index (χ0) is 31.7. The van der Waals surface area contributed by atoms with E-state index in [4.69, 9.17) is 10.5 Å². The maximum atomic E-state index is 12.5. The maximum absolute atomic E-state index is 12.5. The molecule has 15 heteroatoms. The second-order valence-corrected chi connectivity index (χ2v) is 12.9. The van der Waals surface area contributed by atoms with Crippen molar-refractivity contribution in [2.75, 3.05) is 12.4 Å². The first kappa shape index (κ1) is 30.1. The fourth-order valence-corrected chi connectivity index (χ4v) is 6.65. The molecule has 5 aromatic heterocycles. The van der Waals surface area contributed by atoms with Crippen LogP contribution in [0.2, 0.25) is 0 Å². The predicted octanol–water partition coefficient (Wildman–Crippen LogP) is 6.51. The Morgan fingerprint density at radius 2 is 1.67 bits per heavy atom. The van der Waals surface area contributed by atoms with E-state index in [0.717, 1.165) is 57.9 Å². The first-order valence-electron chi connectivity index (χ1n) is 13.3. The molecular formula is C30H24BrN9O3S2. The molecule has 0 radical (unpaired) electrons. The highest BCUT2D eigenvalue weighted by molar-refractivity contribution is 9.10. The number of primary amides is 1. The normalized spacial score (nSPS) is 10.9. The van der Waals surface area contributed by atoms with E-state index in [1.54, 1.807) is 37.3 Å². The lowest BCUT2D eigenvalue weighted by molar-refractivity contribution is 0.0994. The van der Waals surface area contributed by atoms with Crippen LogP contribution in [0.1, 0.15) is 31.0 Å². The molecule has 12 nitrogen and oxygen atoms in total. The molecule has 0 unspecified atom stereocenters. The minimum atomic E-state index is -0.518. The Hall–Kier alpha value is -4.99. The first-order chi connectivity index (χ1) is 21.7. The summed E-state index contributed by atoms with van der Waals surface area (Å²) in [5, 5.41) is 22.1. The van der Waals surface area contributed by atoms with E-state index in [2.05, 4.69) is 56.6 Å². The van der Waals surface area contributed by atoms with Crippen LogP contribution in [0.15, 0.2) is 65.0 Å². The summed E-state index contributed by atoms with van der Waals surface area (Å²) in [6.45, 7) is 3.72. The molecule has 226 valence electrons. The average molecular weight is 703 g/mol. The van der Waals surface area contributed by atoms with Crippen LogP contribution in [0, 0.1) is 13.8 Å². The van der Waals surface area contributed by atoms with Crippen LogP contribution in [-0.4, -0.2) is 54.3 Å². The van der Waals surface area contributed by atoms with Gasteiger partial charge in [0, 0.05) is 37.9 Å². The third kappa shape index (κ3) is 6.31. The largest absolute Gasteiger partial charge is 0.495 e. The smallest absolute Gasteiger partial charge is 0.275 e. The number of thiazole rings is 2. The highest BCUT2D eigenvalue weighted by Gasteiger charge is 2.19. The molecule has 0 saturated carbocycles. The van der Waals surface area contributed by atoms with Crippen molar-refractivity contribution in [2.45, 2.75) is 13.8 Å². The molecule has 2 aromatic carbocycles. The molecular weight excluding hydrogens is 678 g/mol. The van der Waals surface area contributed by atoms with Crippen LogP contribution < -0.4 is 15.8 Å². The zero-order valence-corrected chi connectivity index (χ0v) is 27.2. The monoisotopic (exact) mass is 701 g/mol. The van der Waals surface area contributed by atoms with Crippen LogP contribution in [-0.2, 0) is 0 Å². The number of rotatable bonds is 6. The van der Waals surface area contributed by atoms with Crippen molar-refractivity contribution in [3.05, 3.63) is 86.4 Å². The number of carbonyl (C=O) groups is 2. The van der Waals surface area contributed by atoms with E-state index in [1.807, 2.05) is 44.2 Å². The Kier molecular flexibility index (Phi) is 8.38. The van der Waals surface area contributed by atoms with Crippen LogP contribution in [0.5, 0.6) is 5.75 Å². The van der Waals surface area contributed by atoms with Gasteiger partial charge in [0.05, 0.1) is 57.3 Å². The van der Waals surface area contributed by atoms with Crippen molar-refractivity contribution in [1.29, 1.82) is 0 Å². The summed E-state index contributed by atoms with van der Waals surface area (Å²) in [6, 6.07) is 9.62. The van der Waals surface area contributed by atoms with E-state index in [1.165, 1.54) is 22.7 Å². The number of fused-ring (bicyclic) bond motifs is 2. The number of nitrogens with one attached hydrogen (secondary N) is 3. The van der Waals surface area contributed by atoms with Crippen LogP contribution in [0.25, 0.3) is 43.4 Å². The number of benzene rings is 2. The van der Waals surface area contributed by atoms with Crippen molar-refractivity contribution >= 4 is 77.9 Å². The predicted molar refractivity (Wildman–Crippen MR) is 179 cm³/mol. The molecule has 0 fully saturated rings. The number of nitrogens with zero attached hydrogens (tertiary/aromatic N) is 5. The fourth-order valence-electron chi connectivity index (χ4n) is 4.64. The third-order valence-electron chi connectivity index (χ3n) is 6.68. The lowest BCUT2D eigenvalue weighted by Crippen LogP contribution is -2.12. The summed E-state index contributed by atoms with van der Waals surface area (Å²) < 4.78 is 6.15. The average Bonchev–Trinajstić information content (AvgIpc) is 3.84. The highest BCUT2D eigenvalue weighted by Crippen LogP contribution is 2.37. The number of H-pyrrole nitrogens is 2. The number of anilines is 1. The number of nitrogens with two attached hydrogens (primary N) is 1. The Labute approximate surface area is 272 Å². The van der Waals surface area contributed by atoms with Gasteiger partial charge in [0.25, 0.3) is 11.8 Å². The molecule has 5 heterocycles. The number of halogens is 1. The molecule has 7 rings (SSSR count). The van der Waals surface area contributed by atoms with E-state index < -0.39 is 5.91 Å². The van der Waals surface area contributed by atoms with Gasteiger partial charge in [-0.15, -0.1) is 22.7 Å². The van der Waals surface area contributed by atoms with Gasteiger partial charge >= 0.3 is 0 Å². The molecule has 0 aliphatic heterocycles. The first-order valence-corrected chi connectivity index (χ1v) is 15.8. The topological polar surface area (TPSA) is 177 Å². The highest BCUT2D eigenvalue weighted by atomic mass is 79.9. The number of aromatic nitrogens is 7. The van der Waals surface area contributed by atoms with E-state index in [9.17, 15) is 9.59 Å². The molecule has 0 spiro atoms. The molecule has 7 aromatic rings. The second kappa shape index (κ2) is 12.6. The molecule has 5 N–H and O–H groups in total. The van der Waals surface area contributed by atoms with Gasteiger partial charge in [-0.2, -0.15) is 10.2 Å². The van der Waals surface area contributed by atoms with Gasteiger partial charge in [-0.05, 0) is 49.7 Å². The van der Waals surface area contributed by atoms with Crippen molar-refractivity contribution in [1.82, 2.24) is 35.3 Å². The van der Waals surface area contributed by atoms with Crippen LogP contribution in [0.4, 0.5) is 5.69 Å². The van der Waals surface area contributed by atoms with Crippen LogP contribution >= 0.6 is 38.6 Å². The molecule has 0 bridgehead atoms. The van der Waals surface area contributed by atoms with E-state index in [-0.39, 0.29) is 5.91 Å². The van der Waals surface area contributed by atoms with Crippen molar-refractivity contribution in [3.8, 4) is 27.3 Å². The Bertz CT molecular complexity index is 2200. The molecule has 2 amide bonds. The Morgan fingerprint density at radius 1 is 0.911 bits per heavy atom. The lowest BCUT2D eigenvalue weighted by Gasteiger charge is -2.09. The number of aryl methyl sites for hydroxylation is 2. The quantitative estimate of drug-likeness (QED) is 0.152. The SMILES string of the molecule is COc1cncc(-c2cc(NC(=O)c3csc(C)n3)c3cn[nH]c3c2)c1.Cc1nc(C(N)=O)c(-c2cc(Br)cc3[nH]ncc23)s1. The molecule has 0 aliphatic rings. The Balaban J connectivity index is 0.000000167. The minimum Gasteiger partial charge on any atom is -0.495 e. The zero-order valence-electron chi connectivity index (χ0n) is 24.0. The Morgan fingerprint density at radius 3 is 2.38 bits per heavy atom. The van der Waals surface area contributed by atoms with Crippen molar-refractivity contribution < 1.29 is 14.3 Å². The van der Waals surface area contributed by atoms with Crippen molar-refractivity contribution in [3.63, 3.8) is 0 Å². The number of amides is 2. The van der Waals surface area contributed by atoms with E-state index in [0.29, 0.717) is 22.8 Å². The van der Waals surface area contributed by atoms with Gasteiger partial charge < -0.3 is 15.8 Å². The number of aromatic amines is 2. The number of carbonyl (C=O) groups excluding carboxylic acids is 2. The standard InChI is InChI=1S/C18H15N5O2S.C12H9BrN4OS/c1-10-21-17(9-26-10)18(24)22-15-4-11(5-16-14(15)8-20-23-16)12-3-13(25-2)7-19-6-12;1-5-16-10(12(14)18)11(19-5)7-2-6(13)3-9-8(7)4-15-17-9/h3-9H,1-2H3,(H,20,23)(H,22,24);2-4H,1H3,(H2,14,18)(H,15,17). The number of methoxy groups -OCH3 is 1. The van der Waals surface area contributed by atoms with Gasteiger partial charge in [-0.3, -0.25) is 24.8 Å². The van der Waals surface area contributed by atoms with Crippen LogP contribution in [0.3, 0.4) is 0 Å². The number of pyridine rings is 1. The summed E-state index contributed by atoms with van der Waals surface area (Å²) in [6.07, 6.45) is 6.81. The molecule has 0 atom stereocenters. The molecule has 0 saturated heterocycles. The number of hydrogen-bond acceptors (Lipinski definition) is 10. The van der Waals surface area contributed by atoms with Gasteiger partial charge in [-0.1, -0.05) is 15.9 Å². The summed E-state index contributed by atoms with van der Waals surface area (Å²) in [4.78, 5) is 37.4. The van der Waals surface area contributed by atoms with Crippen molar-refractivity contribution in [2.24, 2.45) is 5.73 Å². The summed E-state index contributed by atoms with van der Waals surface area (Å²) in [7, 11) is 1.60. The summed E-state index contributed by atoms with van der Waals surface area (Å²) in [5.74, 6) is -0.107. The van der Waals surface area contributed by atoms with Gasteiger partial charge in [0.15, 0.2) is 0 Å². The van der Waals surface area contributed by atoms with Gasteiger partial charge in [0.1, 0.15) is 17.1 Å². The minimum absolute atomic E-state index is 0.252. The second-order valence-electron chi connectivity index (χ2n) is 9.73. The lowest BCUT2D eigenvalue weighted by atomic mass is 10.0. The third-order valence-corrected chi connectivity index (χ3v) is 8.91. The van der Waals surface area contributed by atoms with Gasteiger partial charge in [0.2, 0.25) is 0 Å². The maximum Gasteiger partial charge on any atom is 0.275 e. The number of hydrogen-bond donors (Lipinski definition) is 4. The van der Waals surface area contributed by atoms with E-state index >= 15 is 0 Å². The number of ether oxygens (including phenoxy) is 1. The summed E-state index contributed by atoms with van der Waals surface area (Å²) in [5.41, 5.74) is 11.1.